The Hall–Kier alpha value is -3.15. The van der Waals surface area contributed by atoms with Crippen LogP contribution in [0.5, 0.6) is 0 Å². The van der Waals surface area contributed by atoms with Crippen molar-refractivity contribution in [3.8, 4) is 0 Å². The monoisotopic (exact) mass is 394 g/mol. The Labute approximate surface area is 170 Å². The van der Waals surface area contributed by atoms with Crippen LogP contribution in [-0.2, 0) is 22.6 Å². The van der Waals surface area contributed by atoms with E-state index in [1.54, 1.807) is 24.3 Å². The number of amides is 2. The van der Waals surface area contributed by atoms with E-state index in [1.807, 2.05) is 24.3 Å². The van der Waals surface area contributed by atoms with E-state index in [9.17, 15) is 14.4 Å². The molecule has 0 saturated heterocycles. The Morgan fingerprint density at radius 1 is 0.897 bits per heavy atom. The van der Waals surface area contributed by atoms with Crippen molar-refractivity contribution in [3.05, 3.63) is 65.2 Å². The van der Waals surface area contributed by atoms with E-state index >= 15 is 0 Å². The van der Waals surface area contributed by atoms with Crippen LogP contribution in [0, 0.1) is 5.92 Å². The van der Waals surface area contributed by atoms with Crippen LogP contribution in [0.15, 0.2) is 48.5 Å². The first-order chi connectivity index (χ1) is 14.0. The Morgan fingerprint density at radius 3 is 2.14 bits per heavy atom. The van der Waals surface area contributed by atoms with Gasteiger partial charge in [-0.3, -0.25) is 14.4 Å². The van der Waals surface area contributed by atoms with Crippen LogP contribution < -0.4 is 10.6 Å². The molecule has 2 amide bonds. The van der Waals surface area contributed by atoms with E-state index in [1.165, 1.54) is 0 Å². The third-order valence-electron chi connectivity index (χ3n) is 5.25. The maximum atomic E-state index is 12.4. The molecule has 0 heterocycles. The fraction of sp³-hybridized carbons (Fsp3) is 0.348. The standard InChI is InChI=1S/C23H26N2O4/c26-21(27)14-9-16-7-12-20(13-8-16)25-23(29)19-10-5-17(6-11-19)15-24-22(28)18-3-1-2-4-18/h5-8,10-13,18H,1-4,9,14-15H2,(H,24,28)(H,25,29)(H,26,27). The third-order valence-corrected chi connectivity index (χ3v) is 5.25. The van der Waals surface area contributed by atoms with Gasteiger partial charge in [-0.1, -0.05) is 37.1 Å². The van der Waals surface area contributed by atoms with Crippen molar-refractivity contribution in [1.82, 2.24) is 5.32 Å². The molecule has 6 nitrogen and oxygen atoms in total. The molecule has 1 fully saturated rings. The highest BCUT2D eigenvalue weighted by Crippen LogP contribution is 2.24. The van der Waals surface area contributed by atoms with Crippen molar-refractivity contribution in [3.63, 3.8) is 0 Å². The summed E-state index contributed by atoms with van der Waals surface area (Å²) >= 11 is 0. The van der Waals surface area contributed by atoms with E-state index in [2.05, 4.69) is 10.6 Å². The van der Waals surface area contributed by atoms with Crippen molar-refractivity contribution >= 4 is 23.5 Å². The summed E-state index contributed by atoms with van der Waals surface area (Å²) in [6.07, 6.45) is 4.76. The van der Waals surface area contributed by atoms with Gasteiger partial charge in [-0.25, -0.2) is 0 Å². The lowest BCUT2D eigenvalue weighted by Crippen LogP contribution is -2.28. The average molecular weight is 394 g/mol. The molecule has 3 rings (SSSR count). The molecule has 0 radical (unpaired) electrons. The quantitative estimate of drug-likeness (QED) is 0.635. The number of nitrogens with one attached hydrogen (secondary N) is 2. The van der Waals surface area contributed by atoms with E-state index in [-0.39, 0.29) is 24.2 Å². The van der Waals surface area contributed by atoms with Crippen LogP contribution in [0.3, 0.4) is 0 Å². The van der Waals surface area contributed by atoms with Gasteiger partial charge in [0, 0.05) is 30.1 Å². The first kappa shape index (κ1) is 20.6. The molecular weight excluding hydrogens is 368 g/mol. The third kappa shape index (κ3) is 6.17. The number of anilines is 1. The smallest absolute Gasteiger partial charge is 0.303 e. The molecule has 0 unspecified atom stereocenters. The number of carbonyl (C=O) groups excluding carboxylic acids is 2. The second-order valence-electron chi connectivity index (χ2n) is 7.44. The number of rotatable bonds is 8. The summed E-state index contributed by atoms with van der Waals surface area (Å²) in [5, 5.41) is 14.5. The van der Waals surface area contributed by atoms with Crippen LogP contribution in [0.2, 0.25) is 0 Å². The lowest BCUT2D eigenvalue weighted by molar-refractivity contribution is -0.137. The summed E-state index contributed by atoms with van der Waals surface area (Å²) < 4.78 is 0. The van der Waals surface area contributed by atoms with Gasteiger partial charge in [-0.15, -0.1) is 0 Å². The van der Waals surface area contributed by atoms with E-state index in [4.69, 9.17) is 5.11 Å². The highest BCUT2D eigenvalue weighted by atomic mass is 16.4. The zero-order chi connectivity index (χ0) is 20.6. The molecule has 2 aromatic rings. The van der Waals surface area contributed by atoms with Crippen molar-refractivity contribution in [2.75, 3.05) is 5.32 Å². The van der Waals surface area contributed by atoms with Gasteiger partial charge in [0.2, 0.25) is 5.91 Å². The van der Waals surface area contributed by atoms with Crippen molar-refractivity contribution in [2.45, 2.75) is 45.1 Å². The van der Waals surface area contributed by atoms with Crippen LogP contribution in [0.4, 0.5) is 5.69 Å². The first-order valence-corrected chi connectivity index (χ1v) is 10.00. The topological polar surface area (TPSA) is 95.5 Å². The molecule has 152 valence electrons. The van der Waals surface area contributed by atoms with Crippen molar-refractivity contribution in [1.29, 1.82) is 0 Å². The summed E-state index contributed by atoms with van der Waals surface area (Å²) in [5.74, 6) is -0.777. The van der Waals surface area contributed by atoms with Gasteiger partial charge < -0.3 is 15.7 Å². The number of aliphatic carboxylic acids is 1. The SMILES string of the molecule is O=C(O)CCc1ccc(NC(=O)c2ccc(CNC(=O)C3CCCC3)cc2)cc1. The predicted octanol–water partition coefficient (Wildman–Crippen LogP) is 3.76. The minimum absolute atomic E-state index is 0.0825. The number of hydrogen-bond donors (Lipinski definition) is 3. The molecule has 0 spiro atoms. The molecule has 0 atom stereocenters. The summed E-state index contributed by atoms with van der Waals surface area (Å²) in [4.78, 5) is 35.1. The number of carboxylic acid groups (broad SMARTS) is 1. The molecule has 1 aliphatic carbocycles. The summed E-state index contributed by atoms with van der Waals surface area (Å²) in [6.45, 7) is 0.467. The summed E-state index contributed by atoms with van der Waals surface area (Å²) in [6, 6.07) is 14.3. The number of hydrogen-bond acceptors (Lipinski definition) is 3. The first-order valence-electron chi connectivity index (χ1n) is 10.00. The maximum absolute atomic E-state index is 12.4. The fourth-order valence-corrected chi connectivity index (χ4v) is 3.50. The Bertz CT molecular complexity index is 853. The minimum Gasteiger partial charge on any atom is -0.481 e. The zero-order valence-electron chi connectivity index (χ0n) is 16.3. The molecule has 0 bridgehead atoms. The second kappa shape index (κ2) is 9.87. The Kier molecular flexibility index (Phi) is 7.00. The predicted molar refractivity (Wildman–Crippen MR) is 111 cm³/mol. The van der Waals surface area contributed by atoms with E-state index in [0.717, 1.165) is 36.8 Å². The van der Waals surface area contributed by atoms with Crippen LogP contribution >= 0.6 is 0 Å². The van der Waals surface area contributed by atoms with Crippen LogP contribution in [-0.4, -0.2) is 22.9 Å². The Morgan fingerprint density at radius 2 is 1.52 bits per heavy atom. The average Bonchev–Trinajstić information content (AvgIpc) is 3.27. The number of aryl methyl sites for hydroxylation is 1. The highest BCUT2D eigenvalue weighted by Gasteiger charge is 2.22. The zero-order valence-corrected chi connectivity index (χ0v) is 16.3. The van der Waals surface area contributed by atoms with Crippen LogP contribution in [0.25, 0.3) is 0 Å². The molecular formula is C23H26N2O4. The number of carboxylic acids is 1. The van der Waals surface area contributed by atoms with Gasteiger partial charge in [-0.2, -0.15) is 0 Å². The maximum Gasteiger partial charge on any atom is 0.303 e. The molecule has 0 aliphatic heterocycles. The van der Waals surface area contributed by atoms with E-state index in [0.29, 0.717) is 24.2 Å². The molecule has 6 heteroatoms. The summed E-state index contributed by atoms with van der Waals surface area (Å²) in [5.41, 5.74) is 3.05. The second-order valence-corrected chi connectivity index (χ2v) is 7.44. The van der Waals surface area contributed by atoms with E-state index < -0.39 is 5.97 Å². The molecule has 0 aromatic heterocycles. The van der Waals surface area contributed by atoms with Gasteiger partial charge >= 0.3 is 5.97 Å². The minimum atomic E-state index is -0.830. The normalized spacial score (nSPS) is 13.8. The van der Waals surface area contributed by atoms with Gasteiger partial charge in [0.1, 0.15) is 0 Å². The molecule has 2 aromatic carbocycles. The lowest BCUT2D eigenvalue weighted by atomic mass is 10.1. The van der Waals surface area contributed by atoms with Crippen molar-refractivity contribution in [2.24, 2.45) is 5.92 Å². The van der Waals surface area contributed by atoms with Gasteiger partial charge in [0.15, 0.2) is 0 Å². The molecule has 3 N–H and O–H groups in total. The lowest BCUT2D eigenvalue weighted by Gasteiger charge is -2.11. The number of carbonyl (C=O) groups is 3. The molecule has 29 heavy (non-hydrogen) atoms. The highest BCUT2D eigenvalue weighted by molar-refractivity contribution is 6.04. The van der Waals surface area contributed by atoms with Gasteiger partial charge in [0.25, 0.3) is 5.91 Å². The largest absolute Gasteiger partial charge is 0.481 e. The molecule has 1 aliphatic rings. The Balaban J connectivity index is 1.49. The number of benzene rings is 2. The van der Waals surface area contributed by atoms with Gasteiger partial charge in [0.05, 0.1) is 0 Å². The van der Waals surface area contributed by atoms with Gasteiger partial charge in [-0.05, 0) is 54.7 Å². The fourth-order valence-electron chi connectivity index (χ4n) is 3.50. The molecule has 1 saturated carbocycles. The van der Waals surface area contributed by atoms with Crippen LogP contribution in [0.1, 0.15) is 53.6 Å². The van der Waals surface area contributed by atoms with Crippen molar-refractivity contribution < 1.29 is 19.5 Å². The summed E-state index contributed by atoms with van der Waals surface area (Å²) in [7, 11) is 0.